The molecule has 0 aliphatic carbocycles. The second kappa shape index (κ2) is 8.44. The van der Waals surface area contributed by atoms with Gasteiger partial charge in [0, 0.05) is 18.7 Å². The normalized spacial score (nSPS) is 11.9. The standard InChI is InChI=1S/C11H21NO3/c1-4-6-12(8-9-13)7-5-10(2)11(14)15-3/h5,13H,4,6-9H2,1-3H3. The maximum Gasteiger partial charge on any atom is 0.333 e. The summed E-state index contributed by atoms with van der Waals surface area (Å²) in [5.74, 6) is -0.296. The fourth-order valence-electron chi connectivity index (χ4n) is 1.26. The second-order valence-corrected chi connectivity index (χ2v) is 3.40. The molecule has 1 N–H and O–H groups in total. The van der Waals surface area contributed by atoms with Gasteiger partial charge in [-0.25, -0.2) is 4.79 Å². The van der Waals surface area contributed by atoms with Gasteiger partial charge < -0.3 is 9.84 Å². The van der Waals surface area contributed by atoms with Crippen LogP contribution in [-0.4, -0.2) is 49.3 Å². The number of carbonyl (C=O) groups excluding carboxylic acids is 1. The molecule has 0 bridgehead atoms. The van der Waals surface area contributed by atoms with Crippen molar-refractivity contribution in [1.29, 1.82) is 0 Å². The van der Waals surface area contributed by atoms with E-state index in [1.54, 1.807) is 6.92 Å². The Morgan fingerprint density at radius 2 is 2.13 bits per heavy atom. The molecule has 0 aromatic heterocycles. The molecule has 15 heavy (non-hydrogen) atoms. The number of aliphatic hydroxyl groups is 1. The molecule has 0 radical (unpaired) electrons. The van der Waals surface area contributed by atoms with Gasteiger partial charge in [0.15, 0.2) is 0 Å². The van der Waals surface area contributed by atoms with Gasteiger partial charge in [0.25, 0.3) is 0 Å². The fourth-order valence-corrected chi connectivity index (χ4v) is 1.26. The lowest BCUT2D eigenvalue weighted by atomic mass is 10.2. The molecule has 0 spiro atoms. The average molecular weight is 215 g/mol. The SMILES string of the molecule is CCCN(CC=C(C)C(=O)OC)CCO. The zero-order valence-electron chi connectivity index (χ0n) is 9.82. The Labute approximate surface area is 91.5 Å². The molecular weight excluding hydrogens is 194 g/mol. The zero-order valence-corrected chi connectivity index (χ0v) is 9.82. The van der Waals surface area contributed by atoms with Crippen LogP contribution in [0.2, 0.25) is 0 Å². The van der Waals surface area contributed by atoms with Crippen LogP contribution < -0.4 is 0 Å². The van der Waals surface area contributed by atoms with Crippen LogP contribution in [-0.2, 0) is 9.53 Å². The summed E-state index contributed by atoms with van der Waals surface area (Å²) in [6.07, 6.45) is 2.86. The Morgan fingerprint density at radius 1 is 1.47 bits per heavy atom. The van der Waals surface area contributed by atoms with Gasteiger partial charge >= 0.3 is 5.97 Å². The number of esters is 1. The molecular formula is C11H21NO3. The molecule has 0 unspecified atom stereocenters. The first-order valence-electron chi connectivity index (χ1n) is 5.24. The Kier molecular flexibility index (Phi) is 7.95. The summed E-state index contributed by atoms with van der Waals surface area (Å²) in [6, 6.07) is 0. The van der Waals surface area contributed by atoms with Gasteiger partial charge in [0.05, 0.1) is 13.7 Å². The minimum atomic E-state index is -0.296. The maximum absolute atomic E-state index is 11.1. The highest BCUT2D eigenvalue weighted by Crippen LogP contribution is 1.98. The van der Waals surface area contributed by atoms with E-state index in [-0.39, 0.29) is 12.6 Å². The van der Waals surface area contributed by atoms with Crippen LogP contribution in [0.1, 0.15) is 20.3 Å². The van der Waals surface area contributed by atoms with Crippen molar-refractivity contribution in [3.63, 3.8) is 0 Å². The Morgan fingerprint density at radius 3 is 2.60 bits per heavy atom. The number of rotatable bonds is 7. The summed E-state index contributed by atoms with van der Waals surface area (Å²) < 4.78 is 4.59. The number of aliphatic hydroxyl groups excluding tert-OH is 1. The number of hydrogen-bond donors (Lipinski definition) is 1. The first-order chi connectivity index (χ1) is 7.15. The van der Waals surface area contributed by atoms with Crippen LogP contribution in [0.4, 0.5) is 0 Å². The molecule has 0 aliphatic heterocycles. The number of carbonyl (C=O) groups is 1. The second-order valence-electron chi connectivity index (χ2n) is 3.40. The third-order valence-corrected chi connectivity index (χ3v) is 2.12. The summed E-state index contributed by atoms with van der Waals surface area (Å²) in [6.45, 7) is 6.20. The third kappa shape index (κ3) is 6.25. The minimum absolute atomic E-state index is 0.144. The van der Waals surface area contributed by atoms with Gasteiger partial charge in [-0.05, 0) is 19.9 Å². The Balaban J connectivity index is 4.10. The molecule has 0 saturated heterocycles. The van der Waals surface area contributed by atoms with E-state index in [1.807, 2.05) is 6.08 Å². The van der Waals surface area contributed by atoms with Crippen molar-refractivity contribution in [3.05, 3.63) is 11.6 Å². The van der Waals surface area contributed by atoms with Crippen molar-refractivity contribution >= 4 is 5.97 Å². The van der Waals surface area contributed by atoms with Crippen molar-refractivity contribution < 1.29 is 14.6 Å². The van der Waals surface area contributed by atoms with Crippen molar-refractivity contribution in [2.45, 2.75) is 20.3 Å². The van der Waals surface area contributed by atoms with Crippen LogP contribution in [0.15, 0.2) is 11.6 Å². The molecule has 0 amide bonds. The van der Waals surface area contributed by atoms with E-state index in [9.17, 15) is 4.79 Å². The molecule has 0 aromatic rings. The Hall–Kier alpha value is -0.870. The smallest absolute Gasteiger partial charge is 0.333 e. The summed E-state index contributed by atoms with van der Waals surface area (Å²) in [4.78, 5) is 13.2. The molecule has 0 heterocycles. The van der Waals surface area contributed by atoms with Crippen LogP contribution in [0.25, 0.3) is 0 Å². The highest BCUT2D eigenvalue weighted by atomic mass is 16.5. The van der Waals surface area contributed by atoms with Crippen molar-refractivity contribution in [2.75, 3.05) is 33.4 Å². The van der Waals surface area contributed by atoms with E-state index in [2.05, 4.69) is 16.6 Å². The molecule has 4 heteroatoms. The number of methoxy groups -OCH3 is 1. The van der Waals surface area contributed by atoms with E-state index in [1.165, 1.54) is 7.11 Å². The van der Waals surface area contributed by atoms with Crippen LogP contribution in [0.3, 0.4) is 0 Å². The summed E-state index contributed by atoms with van der Waals surface area (Å²) >= 11 is 0. The van der Waals surface area contributed by atoms with Gasteiger partial charge in [-0.2, -0.15) is 0 Å². The van der Waals surface area contributed by atoms with E-state index < -0.39 is 0 Å². The molecule has 0 atom stereocenters. The molecule has 0 aromatic carbocycles. The molecule has 0 saturated carbocycles. The van der Waals surface area contributed by atoms with E-state index >= 15 is 0 Å². The Bertz CT molecular complexity index is 208. The lowest BCUT2D eigenvalue weighted by molar-refractivity contribution is -0.136. The zero-order chi connectivity index (χ0) is 11.7. The van der Waals surface area contributed by atoms with Crippen LogP contribution >= 0.6 is 0 Å². The minimum Gasteiger partial charge on any atom is -0.466 e. The molecule has 0 fully saturated rings. The van der Waals surface area contributed by atoms with Gasteiger partial charge in [-0.1, -0.05) is 13.0 Å². The van der Waals surface area contributed by atoms with Crippen LogP contribution in [0, 0.1) is 0 Å². The monoisotopic (exact) mass is 215 g/mol. The fraction of sp³-hybridized carbons (Fsp3) is 0.727. The highest BCUT2D eigenvalue weighted by Gasteiger charge is 2.05. The predicted octanol–water partition coefficient (Wildman–Crippen LogP) is 0.810. The quantitative estimate of drug-likeness (QED) is 0.504. The van der Waals surface area contributed by atoms with Crippen molar-refractivity contribution in [2.24, 2.45) is 0 Å². The first-order valence-corrected chi connectivity index (χ1v) is 5.24. The predicted molar refractivity (Wildman–Crippen MR) is 59.6 cm³/mol. The van der Waals surface area contributed by atoms with Crippen molar-refractivity contribution in [3.8, 4) is 0 Å². The summed E-state index contributed by atoms with van der Waals surface area (Å²) in [5.41, 5.74) is 0.608. The molecule has 0 aliphatic rings. The maximum atomic E-state index is 11.1. The number of ether oxygens (including phenoxy) is 1. The van der Waals surface area contributed by atoms with Gasteiger partial charge in [-0.3, -0.25) is 4.90 Å². The molecule has 88 valence electrons. The van der Waals surface area contributed by atoms with E-state index in [4.69, 9.17) is 5.11 Å². The lowest BCUT2D eigenvalue weighted by Gasteiger charge is -2.18. The van der Waals surface area contributed by atoms with E-state index in [0.29, 0.717) is 18.7 Å². The first kappa shape index (κ1) is 14.1. The summed E-state index contributed by atoms with van der Waals surface area (Å²) in [7, 11) is 1.37. The van der Waals surface area contributed by atoms with Gasteiger partial charge in [-0.15, -0.1) is 0 Å². The molecule has 4 nitrogen and oxygen atoms in total. The largest absolute Gasteiger partial charge is 0.466 e. The third-order valence-electron chi connectivity index (χ3n) is 2.12. The highest BCUT2D eigenvalue weighted by molar-refractivity contribution is 5.87. The topological polar surface area (TPSA) is 49.8 Å². The van der Waals surface area contributed by atoms with Gasteiger partial charge in [0.2, 0.25) is 0 Å². The average Bonchev–Trinajstić information content (AvgIpc) is 2.25. The van der Waals surface area contributed by atoms with Gasteiger partial charge in [0.1, 0.15) is 0 Å². The van der Waals surface area contributed by atoms with Crippen LogP contribution in [0.5, 0.6) is 0 Å². The number of nitrogens with zero attached hydrogens (tertiary/aromatic N) is 1. The lowest BCUT2D eigenvalue weighted by Crippen LogP contribution is -2.28. The van der Waals surface area contributed by atoms with Crippen molar-refractivity contribution in [1.82, 2.24) is 4.90 Å². The number of hydrogen-bond acceptors (Lipinski definition) is 4. The van der Waals surface area contributed by atoms with E-state index in [0.717, 1.165) is 13.0 Å². The summed E-state index contributed by atoms with van der Waals surface area (Å²) in [5, 5.41) is 8.83. The molecule has 0 rings (SSSR count).